The molecule has 132 valence electrons. The lowest BCUT2D eigenvalue weighted by atomic mass is 10.2. The van der Waals surface area contributed by atoms with Crippen molar-refractivity contribution in [1.82, 2.24) is 9.97 Å². The van der Waals surface area contributed by atoms with E-state index in [1.165, 1.54) is 24.3 Å². The van der Waals surface area contributed by atoms with Crippen molar-refractivity contribution < 1.29 is 17.6 Å². The molecule has 0 radical (unpaired) electrons. The Labute approximate surface area is 150 Å². The number of halogens is 4. The Morgan fingerprint density at radius 2 is 1.96 bits per heavy atom. The molecule has 0 saturated carbocycles. The minimum absolute atomic E-state index is 0.149. The number of hydrogen-bond acceptors (Lipinski definition) is 4. The number of benzene rings is 1. The predicted molar refractivity (Wildman–Crippen MR) is 89.6 cm³/mol. The van der Waals surface area contributed by atoms with Crippen LogP contribution in [0.1, 0.15) is 11.3 Å². The molecule has 3 rings (SSSR count). The van der Waals surface area contributed by atoms with Crippen LogP contribution in [-0.2, 0) is 6.18 Å². The summed E-state index contributed by atoms with van der Waals surface area (Å²) in [5.41, 5.74) is -0.0277. The fraction of sp³-hybridized carbons (Fsp3) is 0.0588. The Balaban J connectivity index is 1.74. The molecule has 0 aliphatic carbocycles. The molecule has 0 aliphatic rings. The lowest BCUT2D eigenvalue weighted by Gasteiger charge is -2.06. The minimum atomic E-state index is -4.52. The Morgan fingerprint density at radius 1 is 1.15 bits per heavy atom. The maximum absolute atomic E-state index is 13.8. The third kappa shape index (κ3) is 3.97. The molecule has 2 heterocycles. The number of aromatic nitrogens is 2. The zero-order valence-corrected chi connectivity index (χ0v) is 13.7. The summed E-state index contributed by atoms with van der Waals surface area (Å²) >= 11 is 1.07. The summed E-state index contributed by atoms with van der Waals surface area (Å²) in [4.78, 5) is 7.07. The molecule has 0 aliphatic heterocycles. The van der Waals surface area contributed by atoms with Gasteiger partial charge in [0.25, 0.3) is 0 Å². The van der Waals surface area contributed by atoms with Crippen molar-refractivity contribution >= 4 is 17.6 Å². The van der Waals surface area contributed by atoms with Gasteiger partial charge in [0.1, 0.15) is 11.5 Å². The summed E-state index contributed by atoms with van der Waals surface area (Å²) in [6.07, 6.45) is -2.95. The van der Waals surface area contributed by atoms with E-state index < -0.39 is 17.7 Å². The maximum Gasteiger partial charge on any atom is 0.433 e. The van der Waals surface area contributed by atoms with Gasteiger partial charge < -0.3 is 9.71 Å². The highest BCUT2D eigenvalue weighted by molar-refractivity contribution is 8.00. The Bertz CT molecular complexity index is 975. The van der Waals surface area contributed by atoms with Crippen LogP contribution in [0.3, 0.4) is 0 Å². The van der Waals surface area contributed by atoms with Crippen LogP contribution in [0.5, 0.6) is 0 Å². The van der Waals surface area contributed by atoms with E-state index in [9.17, 15) is 17.6 Å². The first-order valence-corrected chi connectivity index (χ1v) is 8.04. The van der Waals surface area contributed by atoms with Crippen LogP contribution < -0.4 is 4.72 Å². The van der Waals surface area contributed by atoms with Gasteiger partial charge in [-0.25, -0.2) is 9.37 Å². The van der Waals surface area contributed by atoms with Gasteiger partial charge in [0.05, 0.1) is 28.7 Å². The molecule has 0 atom stereocenters. The molecule has 0 amide bonds. The van der Waals surface area contributed by atoms with Gasteiger partial charge in [-0.05, 0) is 48.3 Å². The number of aromatic amines is 1. The van der Waals surface area contributed by atoms with Gasteiger partial charge in [-0.3, -0.25) is 0 Å². The van der Waals surface area contributed by atoms with Crippen molar-refractivity contribution in [3.63, 3.8) is 0 Å². The van der Waals surface area contributed by atoms with Crippen molar-refractivity contribution in [3.05, 3.63) is 65.7 Å². The molecule has 0 spiro atoms. The smallest absolute Gasteiger partial charge is 0.359 e. The first kappa shape index (κ1) is 17.8. The van der Waals surface area contributed by atoms with Gasteiger partial charge in [-0.1, -0.05) is 6.07 Å². The second kappa shape index (κ2) is 7.09. The van der Waals surface area contributed by atoms with Gasteiger partial charge in [0.2, 0.25) is 0 Å². The van der Waals surface area contributed by atoms with Crippen molar-refractivity contribution in [2.24, 2.45) is 0 Å². The third-order valence-corrected chi connectivity index (χ3v) is 4.14. The van der Waals surface area contributed by atoms with E-state index in [-0.39, 0.29) is 16.9 Å². The quantitative estimate of drug-likeness (QED) is 0.482. The van der Waals surface area contributed by atoms with Crippen molar-refractivity contribution in [3.8, 4) is 17.5 Å². The topological polar surface area (TPSA) is 64.5 Å². The van der Waals surface area contributed by atoms with Gasteiger partial charge in [0.15, 0.2) is 0 Å². The van der Waals surface area contributed by atoms with E-state index in [0.717, 1.165) is 24.1 Å². The highest BCUT2D eigenvalue weighted by Gasteiger charge is 2.32. The number of hydrogen-bond donors (Lipinski definition) is 2. The number of nitriles is 1. The predicted octanol–water partition coefficient (Wildman–Crippen LogP) is 5.23. The van der Waals surface area contributed by atoms with Gasteiger partial charge in [-0.15, -0.1) is 0 Å². The largest absolute Gasteiger partial charge is 0.433 e. The highest BCUT2D eigenvalue weighted by Crippen LogP contribution is 2.31. The van der Waals surface area contributed by atoms with Gasteiger partial charge in [-0.2, -0.15) is 18.4 Å². The standard InChI is InChI=1S/C17H10F4N4S/c18-12-6-10(8-22)4-5-13(12)25-26-11-7-15(23-9-11)14-2-1-3-16(24-14)17(19,20)21/h1-7,9,23,25H. The molecule has 2 N–H and O–H groups in total. The summed E-state index contributed by atoms with van der Waals surface area (Å²) in [5.74, 6) is -0.577. The molecule has 0 fully saturated rings. The average Bonchev–Trinajstić information content (AvgIpc) is 3.09. The molecular formula is C17H10F4N4S. The van der Waals surface area contributed by atoms with E-state index in [1.807, 2.05) is 6.07 Å². The van der Waals surface area contributed by atoms with E-state index in [0.29, 0.717) is 10.6 Å². The second-order valence-electron chi connectivity index (χ2n) is 5.17. The Kier molecular flexibility index (Phi) is 4.86. The molecule has 1 aromatic carbocycles. The minimum Gasteiger partial charge on any atom is -0.359 e. The van der Waals surface area contributed by atoms with Crippen LogP contribution >= 0.6 is 11.9 Å². The van der Waals surface area contributed by atoms with E-state index in [1.54, 1.807) is 12.3 Å². The van der Waals surface area contributed by atoms with Crippen molar-refractivity contribution in [1.29, 1.82) is 5.26 Å². The molecule has 26 heavy (non-hydrogen) atoms. The molecule has 4 nitrogen and oxygen atoms in total. The first-order valence-electron chi connectivity index (χ1n) is 7.22. The van der Waals surface area contributed by atoms with Gasteiger partial charge in [0, 0.05) is 11.1 Å². The number of nitrogens with one attached hydrogen (secondary N) is 2. The Hall–Kier alpha value is -2.99. The number of H-pyrrole nitrogens is 1. The number of anilines is 1. The fourth-order valence-corrected chi connectivity index (χ4v) is 2.79. The second-order valence-corrected chi connectivity index (χ2v) is 6.05. The number of alkyl halides is 3. The summed E-state index contributed by atoms with van der Waals surface area (Å²) in [7, 11) is 0. The zero-order chi connectivity index (χ0) is 18.7. The lowest BCUT2D eigenvalue weighted by Crippen LogP contribution is -2.07. The van der Waals surface area contributed by atoms with E-state index in [4.69, 9.17) is 5.26 Å². The van der Waals surface area contributed by atoms with Crippen molar-refractivity contribution in [2.45, 2.75) is 11.1 Å². The Morgan fingerprint density at radius 3 is 2.65 bits per heavy atom. The van der Waals surface area contributed by atoms with Gasteiger partial charge >= 0.3 is 6.18 Å². The van der Waals surface area contributed by atoms with Crippen LogP contribution in [0.25, 0.3) is 11.4 Å². The van der Waals surface area contributed by atoms with Crippen LogP contribution in [-0.4, -0.2) is 9.97 Å². The van der Waals surface area contributed by atoms with E-state index >= 15 is 0 Å². The molecule has 2 aromatic heterocycles. The number of rotatable bonds is 4. The van der Waals surface area contributed by atoms with Crippen molar-refractivity contribution in [2.75, 3.05) is 4.72 Å². The average molecular weight is 378 g/mol. The molecule has 0 saturated heterocycles. The van der Waals surface area contributed by atoms with Crippen LogP contribution in [0, 0.1) is 17.1 Å². The van der Waals surface area contributed by atoms with E-state index in [2.05, 4.69) is 14.7 Å². The van der Waals surface area contributed by atoms with Crippen LogP contribution in [0.2, 0.25) is 0 Å². The highest BCUT2D eigenvalue weighted by atomic mass is 32.2. The first-order chi connectivity index (χ1) is 12.4. The molecule has 3 aromatic rings. The van der Waals surface area contributed by atoms with Crippen LogP contribution in [0.4, 0.5) is 23.2 Å². The maximum atomic E-state index is 13.8. The fourth-order valence-electron chi connectivity index (χ4n) is 2.11. The molecular weight excluding hydrogens is 368 g/mol. The lowest BCUT2D eigenvalue weighted by molar-refractivity contribution is -0.141. The third-order valence-electron chi connectivity index (χ3n) is 3.35. The summed E-state index contributed by atoms with van der Waals surface area (Å²) in [5, 5.41) is 8.72. The SMILES string of the molecule is N#Cc1ccc(NSc2c[nH]c(-c3cccc(C(F)(F)F)n3)c2)c(F)c1. The summed E-state index contributed by atoms with van der Waals surface area (Å²) in [6.45, 7) is 0. The molecule has 9 heteroatoms. The zero-order valence-electron chi connectivity index (χ0n) is 12.9. The summed E-state index contributed by atoms with van der Waals surface area (Å²) < 4.78 is 54.8. The molecule has 0 unspecified atom stereocenters. The summed E-state index contributed by atoms with van der Waals surface area (Å²) in [6, 6.07) is 11.1. The monoisotopic (exact) mass is 378 g/mol. The number of pyridine rings is 1. The molecule has 0 bridgehead atoms. The number of nitrogens with zero attached hydrogens (tertiary/aromatic N) is 2. The normalized spacial score (nSPS) is 11.2. The van der Waals surface area contributed by atoms with Crippen LogP contribution in [0.15, 0.2) is 53.6 Å².